The van der Waals surface area contributed by atoms with Gasteiger partial charge in [0.15, 0.2) is 0 Å². The highest BCUT2D eigenvalue weighted by molar-refractivity contribution is 5.72. The molecule has 0 aromatic heterocycles. The van der Waals surface area contributed by atoms with Gasteiger partial charge in [-0.1, -0.05) is 37.3 Å². The Morgan fingerprint density at radius 3 is 2.70 bits per heavy atom. The van der Waals surface area contributed by atoms with Gasteiger partial charge in [0.2, 0.25) is 0 Å². The summed E-state index contributed by atoms with van der Waals surface area (Å²) in [5, 5.41) is 3.50. The minimum Gasteiger partial charge on any atom is -0.496 e. The summed E-state index contributed by atoms with van der Waals surface area (Å²) < 4.78 is 5.62. The van der Waals surface area contributed by atoms with E-state index in [0.29, 0.717) is 5.92 Å². The molecule has 1 aliphatic heterocycles. The third kappa shape index (κ3) is 2.44. The van der Waals surface area contributed by atoms with E-state index in [9.17, 15) is 0 Å². The summed E-state index contributed by atoms with van der Waals surface area (Å²) in [5.74, 6) is 1.52. The molecule has 1 unspecified atom stereocenters. The molecule has 1 atom stereocenters. The van der Waals surface area contributed by atoms with Crippen molar-refractivity contribution in [2.45, 2.75) is 19.3 Å². The smallest absolute Gasteiger partial charge is 0.126 e. The maximum atomic E-state index is 5.62. The molecule has 0 spiro atoms. The number of benzene rings is 2. The van der Waals surface area contributed by atoms with Crippen LogP contribution in [0.5, 0.6) is 5.75 Å². The maximum absolute atomic E-state index is 5.62. The zero-order chi connectivity index (χ0) is 13.9. The summed E-state index contributed by atoms with van der Waals surface area (Å²) in [6.45, 7) is 4.39. The van der Waals surface area contributed by atoms with E-state index in [0.717, 1.165) is 25.3 Å². The molecule has 0 radical (unpaired) electrons. The molecule has 0 amide bonds. The lowest BCUT2D eigenvalue weighted by Crippen LogP contribution is -2.18. The number of nitrogens with one attached hydrogen (secondary N) is 1. The molecule has 1 heterocycles. The van der Waals surface area contributed by atoms with Crippen LogP contribution < -0.4 is 10.1 Å². The van der Waals surface area contributed by atoms with E-state index in [4.69, 9.17) is 4.74 Å². The van der Waals surface area contributed by atoms with Crippen molar-refractivity contribution in [3.63, 3.8) is 0 Å². The standard InChI is InChI=1S/C18H21NO/c1-13-12-19-9-8-15-10-18(20-2)17(11-16(13)15)14-6-4-3-5-7-14/h3-7,10-11,13,19H,8-9,12H2,1-2H3. The molecule has 2 aromatic carbocycles. The highest BCUT2D eigenvalue weighted by Gasteiger charge is 2.18. The van der Waals surface area contributed by atoms with E-state index in [1.54, 1.807) is 7.11 Å². The number of hydrogen-bond donors (Lipinski definition) is 1. The molecule has 2 nitrogen and oxygen atoms in total. The van der Waals surface area contributed by atoms with Crippen molar-refractivity contribution in [1.82, 2.24) is 5.32 Å². The molecule has 104 valence electrons. The van der Waals surface area contributed by atoms with Gasteiger partial charge in [-0.15, -0.1) is 0 Å². The van der Waals surface area contributed by atoms with E-state index in [-0.39, 0.29) is 0 Å². The zero-order valence-corrected chi connectivity index (χ0v) is 12.1. The molecule has 2 aromatic rings. The Bertz CT molecular complexity index is 592. The first-order valence-corrected chi connectivity index (χ1v) is 7.26. The van der Waals surface area contributed by atoms with Crippen LogP contribution in [0.3, 0.4) is 0 Å². The first kappa shape index (κ1) is 13.2. The third-order valence-electron chi connectivity index (χ3n) is 4.10. The predicted octanol–water partition coefficient (Wildman–Crippen LogP) is 3.61. The fourth-order valence-corrected chi connectivity index (χ4v) is 2.98. The van der Waals surface area contributed by atoms with E-state index in [1.807, 2.05) is 6.07 Å². The summed E-state index contributed by atoms with van der Waals surface area (Å²) in [6.07, 6.45) is 1.07. The molecular weight excluding hydrogens is 246 g/mol. The minimum atomic E-state index is 0.542. The summed E-state index contributed by atoms with van der Waals surface area (Å²) in [7, 11) is 1.76. The highest BCUT2D eigenvalue weighted by Crippen LogP contribution is 2.36. The molecule has 2 heteroatoms. The van der Waals surface area contributed by atoms with Crippen molar-refractivity contribution >= 4 is 0 Å². The van der Waals surface area contributed by atoms with E-state index in [2.05, 4.69) is 48.6 Å². The van der Waals surface area contributed by atoms with Gasteiger partial charge >= 0.3 is 0 Å². The Balaban J connectivity index is 2.15. The Morgan fingerprint density at radius 2 is 1.95 bits per heavy atom. The molecule has 20 heavy (non-hydrogen) atoms. The first-order chi connectivity index (χ1) is 9.79. The number of fused-ring (bicyclic) bond motifs is 1. The average Bonchev–Trinajstić information content (AvgIpc) is 2.68. The number of rotatable bonds is 2. The van der Waals surface area contributed by atoms with Crippen LogP contribution in [-0.2, 0) is 6.42 Å². The summed E-state index contributed by atoms with van der Waals surface area (Å²) >= 11 is 0. The topological polar surface area (TPSA) is 21.3 Å². The number of ether oxygens (including phenoxy) is 1. The van der Waals surface area contributed by atoms with Crippen molar-refractivity contribution in [2.24, 2.45) is 0 Å². The largest absolute Gasteiger partial charge is 0.496 e. The van der Waals surface area contributed by atoms with Gasteiger partial charge in [-0.05, 0) is 47.7 Å². The summed E-state index contributed by atoms with van der Waals surface area (Å²) in [6, 6.07) is 15.0. The lowest BCUT2D eigenvalue weighted by Gasteiger charge is -2.17. The number of hydrogen-bond acceptors (Lipinski definition) is 2. The molecule has 0 fully saturated rings. The Hall–Kier alpha value is -1.80. The number of methoxy groups -OCH3 is 1. The molecular formula is C18H21NO. The average molecular weight is 267 g/mol. The fraction of sp³-hybridized carbons (Fsp3) is 0.333. The van der Waals surface area contributed by atoms with Crippen molar-refractivity contribution in [3.05, 3.63) is 53.6 Å². The third-order valence-corrected chi connectivity index (χ3v) is 4.10. The SMILES string of the molecule is COc1cc2c(cc1-c1ccccc1)C(C)CNCC2. The molecule has 3 rings (SSSR count). The summed E-state index contributed by atoms with van der Waals surface area (Å²) in [5.41, 5.74) is 5.28. The van der Waals surface area contributed by atoms with Crippen molar-refractivity contribution in [1.29, 1.82) is 0 Å². The molecule has 1 N–H and O–H groups in total. The second-order valence-electron chi connectivity index (χ2n) is 5.47. The molecule has 1 aliphatic rings. The van der Waals surface area contributed by atoms with Gasteiger partial charge < -0.3 is 10.1 Å². The lowest BCUT2D eigenvalue weighted by molar-refractivity contribution is 0.415. The Kier molecular flexibility index (Phi) is 3.75. The maximum Gasteiger partial charge on any atom is 0.126 e. The quantitative estimate of drug-likeness (QED) is 0.897. The van der Waals surface area contributed by atoms with Crippen LogP contribution in [0, 0.1) is 0 Å². The summed E-state index contributed by atoms with van der Waals surface area (Å²) in [4.78, 5) is 0. The predicted molar refractivity (Wildman–Crippen MR) is 83.4 cm³/mol. The van der Waals surface area contributed by atoms with Gasteiger partial charge in [-0.25, -0.2) is 0 Å². The van der Waals surface area contributed by atoms with Gasteiger partial charge in [0, 0.05) is 12.1 Å². The van der Waals surface area contributed by atoms with Crippen LogP contribution >= 0.6 is 0 Å². The molecule has 0 saturated carbocycles. The molecule has 0 aliphatic carbocycles. The van der Waals surface area contributed by atoms with Gasteiger partial charge in [-0.2, -0.15) is 0 Å². The normalized spacial score (nSPS) is 18.2. The highest BCUT2D eigenvalue weighted by atomic mass is 16.5. The Morgan fingerprint density at radius 1 is 1.15 bits per heavy atom. The van der Waals surface area contributed by atoms with E-state index < -0.39 is 0 Å². The first-order valence-electron chi connectivity index (χ1n) is 7.26. The van der Waals surface area contributed by atoms with Gasteiger partial charge in [-0.3, -0.25) is 0 Å². The van der Waals surface area contributed by atoms with Crippen LogP contribution in [0.25, 0.3) is 11.1 Å². The van der Waals surface area contributed by atoms with Crippen LogP contribution in [0.2, 0.25) is 0 Å². The molecule has 0 bridgehead atoms. The van der Waals surface area contributed by atoms with Crippen molar-refractivity contribution in [2.75, 3.05) is 20.2 Å². The monoisotopic (exact) mass is 267 g/mol. The molecule has 0 saturated heterocycles. The van der Waals surface area contributed by atoms with Crippen molar-refractivity contribution in [3.8, 4) is 16.9 Å². The second-order valence-corrected chi connectivity index (χ2v) is 5.47. The van der Waals surface area contributed by atoms with Gasteiger partial charge in [0.05, 0.1) is 7.11 Å². The van der Waals surface area contributed by atoms with Crippen LogP contribution in [0.15, 0.2) is 42.5 Å². The van der Waals surface area contributed by atoms with E-state index in [1.165, 1.54) is 22.3 Å². The Labute approximate surface area is 120 Å². The van der Waals surface area contributed by atoms with Crippen molar-refractivity contribution < 1.29 is 4.74 Å². The van der Waals surface area contributed by atoms with Gasteiger partial charge in [0.1, 0.15) is 5.75 Å². The zero-order valence-electron chi connectivity index (χ0n) is 12.1. The van der Waals surface area contributed by atoms with Crippen LogP contribution in [0.1, 0.15) is 24.0 Å². The minimum absolute atomic E-state index is 0.542. The van der Waals surface area contributed by atoms with E-state index >= 15 is 0 Å². The van der Waals surface area contributed by atoms with Crippen LogP contribution in [-0.4, -0.2) is 20.2 Å². The van der Waals surface area contributed by atoms with Gasteiger partial charge in [0.25, 0.3) is 0 Å². The van der Waals surface area contributed by atoms with Crippen LogP contribution in [0.4, 0.5) is 0 Å². The fourth-order valence-electron chi connectivity index (χ4n) is 2.98. The lowest BCUT2D eigenvalue weighted by atomic mass is 9.91. The second kappa shape index (κ2) is 5.68.